The van der Waals surface area contributed by atoms with E-state index in [9.17, 15) is 4.79 Å². The summed E-state index contributed by atoms with van der Waals surface area (Å²) >= 11 is 0. The number of hydrogen-bond acceptors (Lipinski definition) is 3. The first-order valence-corrected chi connectivity index (χ1v) is 4.64. The first kappa shape index (κ1) is 16.2. The van der Waals surface area contributed by atoms with Gasteiger partial charge in [-0.05, 0) is 12.0 Å². The van der Waals surface area contributed by atoms with Gasteiger partial charge in [-0.15, -0.1) is 0 Å². The van der Waals surface area contributed by atoms with E-state index in [1.54, 1.807) is 24.3 Å². The van der Waals surface area contributed by atoms with Gasteiger partial charge in [0.05, 0.1) is 0 Å². The molecular weight excluding hydrogens is 421 g/mol. The smallest absolute Gasteiger partial charge is 0.150 e. The third-order valence-corrected chi connectivity index (χ3v) is 2.26. The zero-order valence-corrected chi connectivity index (χ0v) is 13.6. The van der Waals surface area contributed by atoms with Crippen LogP contribution in [0.1, 0.15) is 15.9 Å². The van der Waals surface area contributed by atoms with Crippen molar-refractivity contribution in [2.24, 2.45) is 0 Å². The van der Waals surface area contributed by atoms with Crippen LogP contribution in [-0.2, 0) is 6.42 Å². The largest absolute Gasteiger partial charge is 0.668 e. The summed E-state index contributed by atoms with van der Waals surface area (Å²) in [5, 5.41) is 17.9. The van der Waals surface area contributed by atoms with Gasteiger partial charge >= 0.3 is 0 Å². The number of carbonyl (C=O) groups is 1. The molecule has 0 saturated heterocycles. The zero-order chi connectivity index (χ0) is 11.3. The Bertz CT molecular complexity index is 323. The number of carbonyl (C=O) groups excluding carboxylic acids is 1. The summed E-state index contributed by atoms with van der Waals surface area (Å²) in [7, 11) is 0. The first-order chi connectivity index (χ1) is 7.13. The summed E-state index contributed by atoms with van der Waals surface area (Å²) < 4.78 is 0. The normalized spacial score (nSPS) is 10.7. The molecule has 1 rings (SSSR count). The number of benzene rings is 1. The van der Waals surface area contributed by atoms with Gasteiger partial charge in [0, 0.05) is 62.8 Å². The molecule has 4 nitrogen and oxygen atoms in total. The van der Waals surface area contributed by atoms with Crippen LogP contribution in [-0.4, -0.2) is 35.3 Å². The zero-order valence-electron chi connectivity index (χ0n) is 8.89. The number of aldehydes is 1. The van der Waals surface area contributed by atoms with Crippen molar-refractivity contribution in [2.75, 3.05) is 13.2 Å². The Balaban J connectivity index is 0.00000225. The van der Waals surface area contributed by atoms with Gasteiger partial charge in [0.25, 0.3) is 0 Å². The molecule has 0 spiro atoms. The second kappa shape index (κ2) is 7.52. The summed E-state index contributed by atoms with van der Waals surface area (Å²) in [5.74, 6) is 0. The van der Waals surface area contributed by atoms with E-state index in [0.29, 0.717) is 5.56 Å². The van der Waals surface area contributed by atoms with Crippen molar-refractivity contribution >= 4 is 6.29 Å². The number of aliphatic hydroxyl groups is 2. The third-order valence-electron chi connectivity index (χ3n) is 2.26. The molecule has 0 unspecified atom stereocenters. The monoisotopic (exact) mass is 435 g/mol. The Morgan fingerprint density at radius 2 is 1.69 bits per heavy atom. The summed E-state index contributed by atoms with van der Waals surface area (Å²) in [5.41, 5.74) is 7.83. The molecule has 1 radical (unpaired) electrons. The molecule has 0 aliphatic carbocycles. The summed E-state index contributed by atoms with van der Waals surface area (Å²) in [6.07, 6.45) is 1.01. The van der Waals surface area contributed by atoms with Crippen LogP contribution >= 0.6 is 0 Å². The fraction of sp³-hybridized carbons (Fsp3) is 0.364. The molecule has 16 heavy (non-hydrogen) atoms. The van der Waals surface area contributed by atoms with Crippen LogP contribution in [0.3, 0.4) is 0 Å². The maximum absolute atomic E-state index is 10.4. The summed E-state index contributed by atoms with van der Waals surface area (Å²) in [6.45, 7) is -0.780. The van der Waals surface area contributed by atoms with Crippen LogP contribution in [0.5, 0.6) is 0 Å². The third kappa shape index (κ3) is 4.60. The summed E-state index contributed by atoms with van der Waals surface area (Å²) in [6, 6.07) is 6.74. The Kier molecular flexibility index (Phi) is 7.62. The molecular formula is C11H14AcNO3-. The van der Waals surface area contributed by atoms with E-state index in [-0.39, 0.29) is 63.7 Å². The van der Waals surface area contributed by atoms with Crippen molar-refractivity contribution < 1.29 is 59.1 Å². The van der Waals surface area contributed by atoms with Crippen LogP contribution < -0.4 is 0 Å². The van der Waals surface area contributed by atoms with E-state index >= 15 is 0 Å². The molecule has 0 heterocycles. The molecule has 0 aromatic heterocycles. The van der Waals surface area contributed by atoms with Gasteiger partial charge in [-0.25, -0.2) is 0 Å². The Morgan fingerprint density at radius 1 is 1.19 bits per heavy atom. The minimum absolute atomic E-state index is 0. The second-order valence-corrected chi connectivity index (χ2v) is 3.63. The Labute approximate surface area is 130 Å². The maximum Gasteiger partial charge on any atom is 0.150 e. The second-order valence-electron chi connectivity index (χ2n) is 3.63. The van der Waals surface area contributed by atoms with Crippen molar-refractivity contribution in [1.82, 2.24) is 0 Å². The topological polar surface area (TPSA) is 81.3 Å². The van der Waals surface area contributed by atoms with Gasteiger partial charge in [0.2, 0.25) is 0 Å². The predicted octanol–water partition coefficient (Wildman–Crippen LogP) is 0.817. The molecule has 0 atom stereocenters. The molecule has 3 N–H and O–H groups in total. The average Bonchev–Trinajstić information content (AvgIpc) is 2.30. The van der Waals surface area contributed by atoms with Crippen molar-refractivity contribution in [3.63, 3.8) is 0 Å². The van der Waals surface area contributed by atoms with Gasteiger partial charge < -0.3 is 15.9 Å². The molecule has 85 valence electrons. The fourth-order valence-electron chi connectivity index (χ4n) is 1.27. The molecule has 0 aliphatic rings. The number of hydrogen-bond donors (Lipinski definition) is 2. The van der Waals surface area contributed by atoms with Crippen molar-refractivity contribution in [2.45, 2.75) is 12.0 Å². The van der Waals surface area contributed by atoms with Crippen molar-refractivity contribution in [3.05, 3.63) is 41.1 Å². The van der Waals surface area contributed by atoms with Crippen LogP contribution in [0.4, 0.5) is 0 Å². The Morgan fingerprint density at radius 3 is 2.06 bits per heavy atom. The van der Waals surface area contributed by atoms with Crippen molar-refractivity contribution in [1.29, 1.82) is 0 Å². The van der Waals surface area contributed by atoms with Crippen LogP contribution in [0, 0.1) is 44.1 Å². The van der Waals surface area contributed by atoms with Gasteiger partial charge in [-0.2, -0.15) is 0 Å². The SMILES string of the molecule is [Ac].[NH-]C(CO)(CO)Cc1ccc(C=O)cc1. The average molecular weight is 435 g/mol. The maximum atomic E-state index is 10.4. The van der Waals surface area contributed by atoms with Crippen LogP contribution in [0.15, 0.2) is 24.3 Å². The molecule has 0 amide bonds. The number of nitrogens with one attached hydrogen (secondary N) is 1. The molecule has 0 aliphatic heterocycles. The first-order valence-electron chi connectivity index (χ1n) is 4.64. The fourth-order valence-corrected chi connectivity index (χ4v) is 1.27. The Hall–Kier alpha value is 0.212. The molecule has 0 bridgehead atoms. The van der Waals surface area contributed by atoms with E-state index in [1.807, 2.05) is 0 Å². The van der Waals surface area contributed by atoms with E-state index < -0.39 is 5.54 Å². The van der Waals surface area contributed by atoms with Gasteiger partial charge in [0.15, 0.2) is 0 Å². The van der Waals surface area contributed by atoms with Gasteiger partial charge in [-0.1, -0.05) is 29.8 Å². The van der Waals surface area contributed by atoms with E-state index in [2.05, 4.69) is 0 Å². The van der Waals surface area contributed by atoms with Crippen molar-refractivity contribution in [3.8, 4) is 0 Å². The van der Waals surface area contributed by atoms with Gasteiger partial charge in [-0.3, -0.25) is 4.79 Å². The quantitative estimate of drug-likeness (QED) is 0.673. The summed E-state index contributed by atoms with van der Waals surface area (Å²) in [4.78, 5) is 10.4. The molecule has 0 saturated carbocycles. The van der Waals surface area contributed by atoms with Gasteiger partial charge in [0.1, 0.15) is 6.29 Å². The molecule has 5 heteroatoms. The van der Waals surface area contributed by atoms with Crippen LogP contribution in [0.25, 0.3) is 5.73 Å². The number of aliphatic hydroxyl groups excluding tert-OH is 2. The molecule has 1 aromatic rings. The molecule has 0 fully saturated rings. The minimum Gasteiger partial charge on any atom is -0.668 e. The minimum atomic E-state index is -1.25. The number of rotatable bonds is 5. The molecule has 1 aromatic carbocycles. The van der Waals surface area contributed by atoms with E-state index in [0.717, 1.165) is 11.8 Å². The van der Waals surface area contributed by atoms with Crippen LogP contribution in [0.2, 0.25) is 0 Å². The predicted molar refractivity (Wildman–Crippen MR) is 56.8 cm³/mol. The van der Waals surface area contributed by atoms with E-state index in [1.165, 1.54) is 0 Å². The van der Waals surface area contributed by atoms with E-state index in [4.69, 9.17) is 15.9 Å². The standard InChI is InChI=1S/C11H14NO3.Ac/c12-11(7-14,8-15)5-9-1-3-10(6-13)4-2-9;/h1-4,6,12,14-15H,5,7-8H2;/q-1;.